The van der Waals surface area contributed by atoms with E-state index < -0.39 is 0 Å². The number of anilines is 2. The molecule has 3 rings (SSSR count). The molecule has 1 aromatic carbocycles. The van der Waals surface area contributed by atoms with Crippen molar-refractivity contribution in [3.8, 4) is 0 Å². The SMILES string of the molecule is CC(C)c1cccc(NC(N)=NCc2ccnc(N3CCN(C)CC3)c2)c1. The topological polar surface area (TPSA) is 69.8 Å². The molecule has 1 saturated heterocycles. The molecule has 1 aliphatic heterocycles. The minimum Gasteiger partial charge on any atom is -0.370 e. The minimum atomic E-state index is 0.425. The molecule has 1 fully saturated rings. The van der Waals surface area contributed by atoms with Crippen molar-refractivity contribution in [2.45, 2.75) is 26.3 Å². The fraction of sp³-hybridized carbons (Fsp3) is 0.429. The maximum absolute atomic E-state index is 6.08. The Hall–Kier alpha value is -2.60. The smallest absolute Gasteiger partial charge is 0.193 e. The minimum absolute atomic E-state index is 0.425. The summed E-state index contributed by atoms with van der Waals surface area (Å²) < 4.78 is 0. The van der Waals surface area contributed by atoms with Crippen LogP contribution in [0.15, 0.2) is 47.6 Å². The molecule has 0 saturated carbocycles. The third-order valence-electron chi connectivity index (χ3n) is 4.89. The van der Waals surface area contributed by atoms with E-state index in [-0.39, 0.29) is 0 Å². The predicted molar refractivity (Wildman–Crippen MR) is 113 cm³/mol. The number of hydrogen-bond donors (Lipinski definition) is 2. The van der Waals surface area contributed by atoms with Crippen LogP contribution in [0.2, 0.25) is 0 Å². The molecule has 2 aromatic rings. The monoisotopic (exact) mass is 366 g/mol. The zero-order valence-corrected chi connectivity index (χ0v) is 16.5. The molecular formula is C21H30N6. The Morgan fingerprint density at radius 3 is 2.70 bits per heavy atom. The first-order valence-corrected chi connectivity index (χ1v) is 9.56. The van der Waals surface area contributed by atoms with E-state index >= 15 is 0 Å². The van der Waals surface area contributed by atoms with E-state index in [0.717, 1.165) is 43.2 Å². The number of guanidine groups is 1. The lowest BCUT2D eigenvalue weighted by molar-refractivity contribution is 0.312. The van der Waals surface area contributed by atoms with Gasteiger partial charge in [-0.1, -0.05) is 26.0 Å². The summed E-state index contributed by atoms with van der Waals surface area (Å²) in [4.78, 5) is 13.7. The average Bonchev–Trinajstić information content (AvgIpc) is 2.67. The van der Waals surface area contributed by atoms with Crippen LogP contribution in [0, 0.1) is 0 Å². The van der Waals surface area contributed by atoms with Crippen molar-refractivity contribution in [1.82, 2.24) is 9.88 Å². The lowest BCUT2D eigenvalue weighted by Crippen LogP contribution is -2.44. The average molecular weight is 367 g/mol. The molecule has 0 bridgehead atoms. The van der Waals surface area contributed by atoms with E-state index in [1.54, 1.807) is 0 Å². The van der Waals surface area contributed by atoms with Crippen LogP contribution in [0.5, 0.6) is 0 Å². The first-order chi connectivity index (χ1) is 13.0. The molecule has 6 heteroatoms. The van der Waals surface area contributed by atoms with E-state index in [9.17, 15) is 0 Å². The summed E-state index contributed by atoms with van der Waals surface area (Å²) in [6, 6.07) is 12.4. The van der Waals surface area contributed by atoms with Gasteiger partial charge in [0.05, 0.1) is 6.54 Å². The third-order valence-corrected chi connectivity index (χ3v) is 4.89. The Labute approximate surface area is 162 Å². The van der Waals surface area contributed by atoms with Crippen molar-refractivity contribution in [3.63, 3.8) is 0 Å². The predicted octanol–water partition coefficient (Wildman–Crippen LogP) is 2.88. The zero-order chi connectivity index (χ0) is 19.2. The van der Waals surface area contributed by atoms with Crippen molar-refractivity contribution in [2.75, 3.05) is 43.4 Å². The van der Waals surface area contributed by atoms with E-state index in [2.05, 4.69) is 64.2 Å². The van der Waals surface area contributed by atoms with Gasteiger partial charge >= 0.3 is 0 Å². The van der Waals surface area contributed by atoms with Gasteiger partial charge in [0, 0.05) is 38.1 Å². The summed E-state index contributed by atoms with van der Waals surface area (Å²) in [5, 5.41) is 3.19. The third kappa shape index (κ3) is 5.44. The highest BCUT2D eigenvalue weighted by atomic mass is 15.3. The van der Waals surface area contributed by atoms with Crippen LogP contribution in [0.3, 0.4) is 0 Å². The molecular weight excluding hydrogens is 336 g/mol. The van der Waals surface area contributed by atoms with Gasteiger partial charge in [-0.15, -0.1) is 0 Å². The van der Waals surface area contributed by atoms with Gasteiger partial charge in [-0.2, -0.15) is 0 Å². The number of piperazine rings is 1. The summed E-state index contributed by atoms with van der Waals surface area (Å²) in [5.74, 6) is 1.93. The highest BCUT2D eigenvalue weighted by molar-refractivity contribution is 5.92. The normalized spacial score (nSPS) is 16.0. The number of nitrogens with one attached hydrogen (secondary N) is 1. The van der Waals surface area contributed by atoms with Crippen LogP contribution in [0.4, 0.5) is 11.5 Å². The highest BCUT2D eigenvalue weighted by Gasteiger charge is 2.15. The first kappa shape index (κ1) is 19.2. The Morgan fingerprint density at radius 1 is 1.19 bits per heavy atom. The largest absolute Gasteiger partial charge is 0.370 e. The highest BCUT2D eigenvalue weighted by Crippen LogP contribution is 2.18. The fourth-order valence-corrected chi connectivity index (χ4v) is 3.11. The molecule has 0 spiro atoms. The Bertz CT molecular complexity index is 778. The molecule has 0 unspecified atom stereocenters. The molecule has 0 atom stereocenters. The van der Waals surface area contributed by atoms with Crippen molar-refractivity contribution in [2.24, 2.45) is 10.7 Å². The summed E-state index contributed by atoms with van der Waals surface area (Å²) >= 11 is 0. The molecule has 0 aliphatic carbocycles. The van der Waals surface area contributed by atoms with Gasteiger partial charge in [0.15, 0.2) is 5.96 Å². The van der Waals surface area contributed by atoms with E-state index in [4.69, 9.17) is 5.73 Å². The van der Waals surface area contributed by atoms with Crippen LogP contribution in [-0.4, -0.2) is 49.1 Å². The van der Waals surface area contributed by atoms with E-state index in [1.807, 2.05) is 24.4 Å². The maximum Gasteiger partial charge on any atom is 0.193 e. The van der Waals surface area contributed by atoms with Crippen molar-refractivity contribution in [3.05, 3.63) is 53.7 Å². The summed E-state index contributed by atoms with van der Waals surface area (Å²) in [6.07, 6.45) is 1.86. The Balaban J connectivity index is 1.61. The molecule has 1 aliphatic rings. The summed E-state index contributed by atoms with van der Waals surface area (Å²) in [5.41, 5.74) is 9.44. The Morgan fingerprint density at radius 2 is 1.96 bits per heavy atom. The molecule has 3 N–H and O–H groups in total. The van der Waals surface area contributed by atoms with Gasteiger partial charge in [0.2, 0.25) is 0 Å². The summed E-state index contributed by atoms with van der Waals surface area (Å²) in [7, 11) is 2.16. The number of likely N-dealkylation sites (N-methyl/N-ethyl adjacent to an activating group) is 1. The second kappa shape index (κ2) is 8.86. The van der Waals surface area contributed by atoms with Gasteiger partial charge in [-0.05, 0) is 48.4 Å². The van der Waals surface area contributed by atoms with E-state index in [0.29, 0.717) is 18.4 Å². The molecule has 27 heavy (non-hydrogen) atoms. The van der Waals surface area contributed by atoms with E-state index in [1.165, 1.54) is 5.56 Å². The molecule has 0 amide bonds. The van der Waals surface area contributed by atoms with Gasteiger partial charge in [-0.25, -0.2) is 9.98 Å². The second-order valence-corrected chi connectivity index (χ2v) is 7.42. The number of aromatic nitrogens is 1. The quantitative estimate of drug-likeness (QED) is 0.629. The lowest BCUT2D eigenvalue weighted by Gasteiger charge is -2.33. The number of aliphatic imine (C=N–C) groups is 1. The number of nitrogens with zero attached hydrogens (tertiary/aromatic N) is 4. The van der Waals surface area contributed by atoms with Crippen LogP contribution < -0.4 is 16.0 Å². The van der Waals surface area contributed by atoms with Gasteiger partial charge < -0.3 is 20.9 Å². The van der Waals surface area contributed by atoms with Crippen LogP contribution >= 0.6 is 0 Å². The first-order valence-electron chi connectivity index (χ1n) is 9.56. The number of hydrogen-bond acceptors (Lipinski definition) is 4. The van der Waals surface area contributed by atoms with Crippen molar-refractivity contribution < 1.29 is 0 Å². The number of nitrogens with two attached hydrogens (primary N) is 1. The van der Waals surface area contributed by atoms with Gasteiger partial charge in [0.25, 0.3) is 0 Å². The van der Waals surface area contributed by atoms with Crippen LogP contribution in [-0.2, 0) is 6.54 Å². The van der Waals surface area contributed by atoms with Crippen molar-refractivity contribution >= 4 is 17.5 Å². The van der Waals surface area contributed by atoms with Gasteiger partial charge in [0.1, 0.15) is 5.82 Å². The fourth-order valence-electron chi connectivity index (χ4n) is 3.11. The van der Waals surface area contributed by atoms with Crippen LogP contribution in [0.25, 0.3) is 0 Å². The lowest BCUT2D eigenvalue weighted by atomic mass is 10.0. The standard InChI is InChI=1S/C21H30N6/c1-16(2)18-5-4-6-19(14-18)25-21(22)24-15-17-7-8-23-20(13-17)27-11-9-26(3)10-12-27/h4-8,13-14,16H,9-12,15H2,1-3H3,(H3,22,24,25). The molecule has 1 aromatic heterocycles. The number of pyridine rings is 1. The summed E-state index contributed by atoms with van der Waals surface area (Å²) in [6.45, 7) is 9.03. The van der Waals surface area contributed by atoms with Crippen LogP contribution in [0.1, 0.15) is 30.9 Å². The number of rotatable bonds is 5. The molecule has 144 valence electrons. The molecule has 0 radical (unpaired) electrons. The maximum atomic E-state index is 6.08. The van der Waals surface area contributed by atoms with Crippen molar-refractivity contribution in [1.29, 1.82) is 0 Å². The second-order valence-electron chi connectivity index (χ2n) is 7.42. The number of benzene rings is 1. The molecule has 6 nitrogen and oxygen atoms in total. The molecule has 2 heterocycles. The zero-order valence-electron chi connectivity index (χ0n) is 16.5. The van der Waals surface area contributed by atoms with Gasteiger partial charge in [-0.3, -0.25) is 0 Å². The Kier molecular flexibility index (Phi) is 6.29.